The van der Waals surface area contributed by atoms with Crippen molar-refractivity contribution in [1.29, 1.82) is 0 Å². The molecule has 0 spiro atoms. The van der Waals surface area contributed by atoms with Crippen molar-refractivity contribution < 1.29 is 9.59 Å². The standard InChI is InChI=1S/C23H22N4O2/c1-16(28)25-19-8-10-20(11-9-19)26-22-15-18(12-13-24-22)23(29)27-14-4-6-17-5-2-3-7-21(17)27/h2-3,5,7-13,15H,4,6,14H2,1H3,(H,24,26)(H,25,28). The van der Waals surface area contributed by atoms with E-state index in [0.29, 0.717) is 17.9 Å². The summed E-state index contributed by atoms with van der Waals surface area (Å²) in [5.74, 6) is 0.454. The quantitative estimate of drug-likeness (QED) is 0.698. The topological polar surface area (TPSA) is 74.3 Å². The molecule has 2 amide bonds. The van der Waals surface area contributed by atoms with Crippen LogP contribution in [0, 0.1) is 0 Å². The number of carbonyl (C=O) groups excluding carboxylic acids is 2. The molecule has 2 N–H and O–H groups in total. The van der Waals surface area contributed by atoms with Gasteiger partial charge in [0.25, 0.3) is 5.91 Å². The Morgan fingerprint density at radius 3 is 2.55 bits per heavy atom. The second-order valence-electron chi connectivity index (χ2n) is 7.00. The largest absolute Gasteiger partial charge is 0.340 e. The fourth-order valence-electron chi connectivity index (χ4n) is 3.52. The van der Waals surface area contributed by atoms with E-state index in [2.05, 4.69) is 21.7 Å². The SMILES string of the molecule is CC(=O)Nc1ccc(Nc2cc(C(=O)N3CCCc4ccccc43)ccn2)cc1. The highest BCUT2D eigenvalue weighted by atomic mass is 16.2. The molecule has 0 bridgehead atoms. The Kier molecular flexibility index (Phi) is 5.24. The van der Waals surface area contributed by atoms with Crippen LogP contribution in [0.25, 0.3) is 0 Å². The maximum Gasteiger partial charge on any atom is 0.258 e. The Hall–Kier alpha value is -3.67. The van der Waals surface area contributed by atoms with E-state index < -0.39 is 0 Å². The van der Waals surface area contributed by atoms with Crippen LogP contribution in [0.1, 0.15) is 29.3 Å². The molecule has 0 saturated carbocycles. The van der Waals surface area contributed by atoms with Crippen LogP contribution >= 0.6 is 0 Å². The molecular formula is C23H22N4O2. The third-order valence-electron chi connectivity index (χ3n) is 4.84. The average molecular weight is 386 g/mol. The fraction of sp³-hybridized carbons (Fsp3) is 0.174. The van der Waals surface area contributed by atoms with E-state index in [9.17, 15) is 9.59 Å². The third-order valence-corrected chi connectivity index (χ3v) is 4.84. The molecule has 6 heteroatoms. The summed E-state index contributed by atoms with van der Waals surface area (Å²) in [6, 6.07) is 18.9. The van der Waals surface area contributed by atoms with Crippen LogP contribution in [0.3, 0.4) is 0 Å². The van der Waals surface area contributed by atoms with Gasteiger partial charge in [-0.05, 0) is 60.9 Å². The molecule has 0 atom stereocenters. The molecule has 0 aliphatic carbocycles. The Morgan fingerprint density at radius 1 is 1.00 bits per heavy atom. The van der Waals surface area contributed by atoms with Crippen molar-refractivity contribution in [2.24, 2.45) is 0 Å². The molecule has 4 rings (SSSR count). The minimum atomic E-state index is -0.113. The molecule has 3 aromatic rings. The van der Waals surface area contributed by atoms with Crippen molar-refractivity contribution in [1.82, 2.24) is 4.98 Å². The zero-order chi connectivity index (χ0) is 20.2. The number of pyridine rings is 1. The lowest BCUT2D eigenvalue weighted by molar-refractivity contribution is -0.114. The number of carbonyl (C=O) groups is 2. The van der Waals surface area contributed by atoms with Crippen LogP contribution < -0.4 is 15.5 Å². The number of para-hydroxylation sites is 1. The van der Waals surface area contributed by atoms with E-state index in [1.54, 1.807) is 18.3 Å². The number of rotatable bonds is 4. The molecule has 0 fully saturated rings. The Balaban J connectivity index is 1.52. The van der Waals surface area contributed by atoms with Gasteiger partial charge < -0.3 is 15.5 Å². The van der Waals surface area contributed by atoms with Gasteiger partial charge in [-0.25, -0.2) is 4.98 Å². The Labute approximate surface area is 169 Å². The maximum absolute atomic E-state index is 13.1. The monoisotopic (exact) mass is 386 g/mol. The summed E-state index contributed by atoms with van der Waals surface area (Å²) in [6.07, 6.45) is 3.59. The van der Waals surface area contributed by atoms with Gasteiger partial charge in [-0.15, -0.1) is 0 Å². The smallest absolute Gasteiger partial charge is 0.258 e. The molecule has 146 valence electrons. The van der Waals surface area contributed by atoms with Gasteiger partial charge in [0, 0.05) is 42.3 Å². The normalized spacial score (nSPS) is 12.8. The number of benzene rings is 2. The zero-order valence-corrected chi connectivity index (χ0v) is 16.2. The van der Waals surface area contributed by atoms with Gasteiger partial charge in [0.05, 0.1) is 0 Å². The number of aromatic nitrogens is 1. The molecular weight excluding hydrogens is 364 g/mol. The molecule has 1 aromatic heterocycles. The van der Waals surface area contributed by atoms with Crippen LogP contribution in [0.2, 0.25) is 0 Å². The third kappa shape index (κ3) is 4.27. The summed E-state index contributed by atoms with van der Waals surface area (Å²) < 4.78 is 0. The van der Waals surface area contributed by atoms with Gasteiger partial charge in [0.15, 0.2) is 0 Å². The zero-order valence-electron chi connectivity index (χ0n) is 16.2. The van der Waals surface area contributed by atoms with Gasteiger partial charge in [-0.2, -0.15) is 0 Å². The van der Waals surface area contributed by atoms with E-state index in [1.807, 2.05) is 47.4 Å². The number of hydrogen-bond donors (Lipinski definition) is 2. The first kappa shape index (κ1) is 18.7. The first-order chi connectivity index (χ1) is 14.1. The average Bonchev–Trinajstić information content (AvgIpc) is 2.74. The fourth-order valence-corrected chi connectivity index (χ4v) is 3.52. The second kappa shape index (κ2) is 8.14. The van der Waals surface area contributed by atoms with E-state index >= 15 is 0 Å². The molecule has 0 radical (unpaired) electrons. The highest BCUT2D eigenvalue weighted by Gasteiger charge is 2.23. The summed E-state index contributed by atoms with van der Waals surface area (Å²) >= 11 is 0. The number of aryl methyl sites for hydroxylation is 1. The molecule has 1 aliphatic heterocycles. The first-order valence-electron chi connectivity index (χ1n) is 9.61. The molecule has 0 unspecified atom stereocenters. The van der Waals surface area contributed by atoms with Gasteiger partial charge in [-0.1, -0.05) is 18.2 Å². The molecule has 1 aliphatic rings. The summed E-state index contributed by atoms with van der Waals surface area (Å²) in [6.45, 7) is 2.19. The van der Waals surface area contributed by atoms with Crippen molar-refractivity contribution in [3.8, 4) is 0 Å². The van der Waals surface area contributed by atoms with Crippen molar-refractivity contribution in [3.63, 3.8) is 0 Å². The van der Waals surface area contributed by atoms with Crippen LogP contribution in [-0.4, -0.2) is 23.3 Å². The molecule has 29 heavy (non-hydrogen) atoms. The van der Waals surface area contributed by atoms with E-state index in [1.165, 1.54) is 12.5 Å². The molecule has 0 saturated heterocycles. The summed E-state index contributed by atoms with van der Waals surface area (Å²) in [4.78, 5) is 30.4. The van der Waals surface area contributed by atoms with Crippen molar-refractivity contribution >= 4 is 34.7 Å². The number of anilines is 4. The Bertz CT molecular complexity index is 1050. The van der Waals surface area contributed by atoms with Gasteiger partial charge in [-0.3, -0.25) is 9.59 Å². The molecule has 2 heterocycles. The summed E-state index contributed by atoms with van der Waals surface area (Å²) in [5.41, 5.74) is 4.33. The Morgan fingerprint density at radius 2 is 1.76 bits per heavy atom. The van der Waals surface area contributed by atoms with Crippen LogP contribution in [-0.2, 0) is 11.2 Å². The lowest BCUT2D eigenvalue weighted by Gasteiger charge is -2.29. The van der Waals surface area contributed by atoms with Gasteiger partial charge in [0.1, 0.15) is 5.82 Å². The predicted octanol–water partition coefficient (Wildman–Crippen LogP) is 4.38. The van der Waals surface area contributed by atoms with Gasteiger partial charge >= 0.3 is 0 Å². The first-order valence-corrected chi connectivity index (χ1v) is 9.61. The highest BCUT2D eigenvalue weighted by molar-refractivity contribution is 6.07. The maximum atomic E-state index is 13.1. The number of nitrogens with one attached hydrogen (secondary N) is 2. The molecule has 6 nitrogen and oxygen atoms in total. The second-order valence-corrected chi connectivity index (χ2v) is 7.00. The van der Waals surface area contributed by atoms with Gasteiger partial charge in [0.2, 0.25) is 5.91 Å². The van der Waals surface area contributed by atoms with E-state index in [4.69, 9.17) is 0 Å². The molecule has 2 aromatic carbocycles. The highest BCUT2D eigenvalue weighted by Crippen LogP contribution is 2.28. The van der Waals surface area contributed by atoms with Crippen LogP contribution in [0.5, 0.6) is 0 Å². The lowest BCUT2D eigenvalue weighted by Crippen LogP contribution is -2.35. The number of hydrogen-bond acceptors (Lipinski definition) is 4. The van der Waals surface area contributed by atoms with Crippen molar-refractivity contribution in [3.05, 3.63) is 78.0 Å². The number of fused-ring (bicyclic) bond motifs is 1. The van der Waals surface area contributed by atoms with Crippen LogP contribution in [0.15, 0.2) is 66.9 Å². The minimum Gasteiger partial charge on any atom is -0.340 e. The van der Waals surface area contributed by atoms with Crippen molar-refractivity contribution in [2.75, 3.05) is 22.1 Å². The predicted molar refractivity (Wildman–Crippen MR) is 115 cm³/mol. The van der Waals surface area contributed by atoms with Crippen LogP contribution in [0.4, 0.5) is 22.9 Å². The number of amides is 2. The summed E-state index contributed by atoms with van der Waals surface area (Å²) in [5, 5.41) is 5.94. The summed E-state index contributed by atoms with van der Waals surface area (Å²) in [7, 11) is 0. The minimum absolute atomic E-state index is 0.0244. The van der Waals surface area contributed by atoms with E-state index in [-0.39, 0.29) is 11.8 Å². The van der Waals surface area contributed by atoms with Crippen molar-refractivity contribution in [2.45, 2.75) is 19.8 Å². The van der Waals surface area contributed by atoms with E-state index in [0.717, 1.165) is 29.9 Å². The number of nitrogens with zero attached hydrogens (tertiary/aromatic N) is 2. The lowest BCUT2D eigenvalue weighted by atomic mass is 10.0.